The summed E-state index contributed by atoms with van der Waals surface area (Å²) in [5.41, 5.74) is 3.32. The summed E-state index contributed by atoms with van der Waals surface area (Å²) < 4.78 is 10.9. The number of ether oxygens (including phenoxy) is 2. The summed E-state index contributed by atoms with van der Waals surface area (Å²) in [5, 5.41) is 4.12. The SMILES string of the molecule is CCOc1ccc(CNc2cc(Cl)ccc2C)cc1OC. The third kappa shape index (κ3) is 4.05. The molecule has 112 valence electrons. The Balaban J connectivity index is 2.11. The maximum Gasteiger partial charge on any atom is 0.161 e. The second-order valence-corrected chi connectivity index (χ2v) is 5.17. The van der Waals surface area contributed by atoms with Crippen molar-refractivity contribution in [3.8, 4) is 11.5 Å². The van der Waals surface area contributed by atoms with E-state index in [1.54, 1.807) is 7.11 Å². The smallest absolute Gasteiger partial charge is 0.161 e. The lowest BCUT2D eigenvalue weighted by atomic mass is 10.1. The predicted molar refractivity (Wildman–Crippen MR) is 87.7 cm³/mol. The van der Waals surface area contributed by atoms with Gasteiger partial charge in [0.15, 0.2) is 11.5 Å². The van der Waals surface area contributed by atoms with Crippen molar-refractivity contribution in [3.05, 3.63) is 52.5 Å². The van der Waals surface area contributed by atoms with Crippen LogP contribution in [0, 0.1) is 6.92 Å². The molecule has 0 amide bonds. The maximum atomic E-state index is 6.03. The molecule has 0 aliphatic rings. The highest BCUT2D eigenvalue weighted by molar-refractivity contribution is 6.30. The molecule has 2 aromatic carbocycles. The van der Waals surface area contributed by atoms with Crippen molar-refractivity contribution in [1.82, 2.24) is 0 Å². The van der Waals surface area contributed by atoms with Crippen molar-refractivity contribution in [2.45, 2.75) is 20.4 Å². The van der Waals surface area contributed by atoms with Gasteiger partial charge in [-0.05, 0) is 49.2 Å². The molecule has 0 fully saturated rings. The van der Waals surface area contributed by atoms with Gasteiger partial charge in [-0.15, -0.1) is 0 Å². The number of nitrogens with one attached hydrogen (secondary N) is 1. The zero-order valence-corrected chi connectivity index (χ0v) is 13.3. The normalized spacial score (nSPS) is 10.3. The van der Waals surface area contributed by atoms with E-state index in [9.17, 15) is 0 Å². The highest BCUT2D eigenvalue weighted by Crippen LogP contribution is 2.28. The molecule has 1 N–H and O–H groups in total. The third-order valence-corrected chi connectivity index (χ3v) is 3.45. The average Bonchev–Trinajstić information content (AvgIpc) is 2.49. The van der Waals surface area contributed by atoms with Gasteiger partial charge in [0.2, 0.25) is 0 Å². The van der Waals surface area contributed by atoms with E-state index in [2.05, 4.69) is 12.2 Å². The summed E-state index contributed by atoms with van der Waals surface area (Å²) in [7, 11) is 1.65. The molecule has 2 aromatic rings. The minimum atomic E-state index is 0.621. The largest absolute Gasteiger partial charge is 0.493 e. The van der Waals surface area contributed by atoms with Crippen LogP contribution in [0.25, 0.3) is 0 Å². The molecule has 0 heterocycles. The van der Waals surface area contributed by atoms with Crippen molar-refractivity contribution in [1.29, 1.82) is 0 Å². The molecule has 0 unspecified atom stereocenters. The molecule has 2 rings (SSSR count). The topological polar surface area (TPSA) is 30.5 Å². The minimum Gasteiger partial charge on any atom is -0.493 e. The van der Waals surface area contributed by atoms with Crippen molar-refractivity contribution in [2.75, 3.05) is 19.0 Å². The first-order valence-corrected chi connectivity index (χ1v) is 7.31. The molecule has 0 aliphatic heterocycles. The fraction of sp³-hybridized carbons (Fsp3) is 0.294. The number of anilines is 1. The highest BCUT2D eigenvalue weighted by Gasteiger charge is 2.06. The Hall–Kier alpha value is -1.87. The molecule has 0 saturated heterocycles. The van der Waals surface area contributed by atoms with Crippen LogP contribution in [0.2, 0.25) is 5.02 Å². The van der Waals surface area contributed by atoms with E-state index in [1.807, 2.05) is 43.3 Å². The summed E-state index contributed by atoms with van der Waals surface area (Å²) in [5.74, 6) is 1.52. The van der Waals surface area contributed by atoms with Gasteiger partial charge in [-0.25, -0.2) is 0 Å². The van der Waals surface area contributed by atoms with Gasteiger partial charge < -0.3 is 14.8 Å². The van der Waals surface area contributed by atoms with Crippen molar-refractivity contribution in [2.24, 2.45) is 0 Å². The van der Waals surface area contributed by atoms with Gasteiger partial charge in [-0.2, -0.15) is 0 Å². The van der Waals surface area contributed by atoms with Gasteiger partial charge in [0.05, 0.1) is 13.7 Å². The van der Waals surface area contributed by atoms with Crippen LogP contribution >= 0.6 is 11.6 Å². The number of methoxy groups -OCH3 is 1. The lowest BCUT2D eigenvalue weighted by Crippen LogP contribution is -2.02. The van der Waals surface area contributed by atoms with Crippen LogP contribution in [0.4, 0.5) is 5.69 Å². The second kappa shape index (κ2) is 7.23. The standard InChI is InChI=1S/C17H20ClNO2/c1-4-21-16-8-6-13(9-17(16)20-3)11-19-15-10-14(18)7-5-12(15)2/h5-10,19H,4,11H2,1-3H3. The quantitative estimate of drug-likeness (QED) is 0.841. The number of aryl methyl sites for hydroxylation is 1. The first-order chi connectivity index (χ1) is 10.1. The Morgan fingerprint density at radius 3 is 2.62 bits per heavy atom. The summed E-state index contributed by atoms with van der Waals surface area (Å²) in [4.78, 5) is 0. The summed E-state index contributed by atoms with van der Waals surface area (Å²) in [6.45, 7) is 5.33. The van der Waals surface area contributed by atoms with Gasteiger partial charge >= 0.3 is 0 Å². The van der Waals surface area contributed by atoms with Gasteiger partial charge in [0, 0.05) is 17.3 Å². The Kier molecular flexibility index (Phi) is 5.34. The number of rotatable bonds is 6. The lowest BCUT2D eigenvalue weighted by Gasteiger charge is -2.13. The van der Waals surface area contributed by atoms with Crippen LogP contribution in [0.15, 0.2) is 36.4 Å². The van der Waals surface area contributed by atoms with E-state index in [4.69, 9.17) is 21.1 Å². The van der Waals surface area contributed by atoms with E-state index < -0.39 is 0 Å². The van der Waals surface area contributed by atoms with Crippen LogP contribution in [0.1, 0.15) is 18.1 Å². The molecule has 0 saturated carbocycles. The molecular formula is C17H20ClNO2. The van der Waals surface area contributed by atoms with E-state index in [1.165, 1.54) is 0 Å². The average molecular weight is 306 g/mol. The number of hydrogen-bond donors (Lipinski definition) is 1. The van der Waals surface area contributed by atoms with Gasteiger partial charge in [-0.3, -0.25) is 0 Å². The molecule has 0 aliphatic carbocycles. The first kappa shape index (κ1) is 15.5. The monoisotopic (exact) mass is 305 g/mol. The molecule has 0 spiro atoms. The molecule has 0 aromatic heterocycles. The summed E-state index contributed by atoms with van der Waals surface area (Å²) in [6.07, 6.45) is 0. The number of hydrogen-bond acceptors (Lipinski definition) is 3. The molecule has 0 atom stereocenters. The van der Waals surface area contributed by atoms with Crippen molar-refractivity contribution < 1.29 is 9.47 Å². The zero-order chi connectivity index (χ0) is 15.2. The Labute approximate surface area is 130 Å². The van der Waals surface area contributed by atoms with E-state index in [0.29, 0.717) is 13.2 Å². The van der Waals surface area contributed by atoms with Crippen LogP contribution in [-0.4, -0.2) is 13.7 Å². The van der Waals surface area contributed by atoms with Crippen LogP contribution in [0.5, 0.6) is 11.5 Å². The predicted octanol–water partition coefficient (Wildman–Crippen LogP) is 4.67. The molecule has 0 bridgehead atoms. The van der Waals surface area contributed by atoms with Gasteiger partial charge in [-0.1, -0.05) is 23.7 Å². The zero-order valence-electron chi connectivity index (χ0n) is 12.6. The van der Waals surface area contributed by atoms with E-state index in [0.717, 1.165) is 33.3 Å². The van der Waals surface area contributed by atoms with Crippen LogP contribution in [-0.2, 0) is 6.54 Å². The Bertz CT molecular complexity index is 614. The van der Waals surface area contributed by atoms with Crippen LogP contribution < -0.4 is 14.8 Å². The lowest BCUT2D eigenvalue weighted by molar-refractivity contribution is 0.310. The number of benzene rings is 2. The van der Waals surface area contributed by atoms with Gasteiger partial charge in [0.25, 0.3) is 0 Å². The fourth-order valence-corrected chi connectivity index (χ4v) is 2.25. The Morgan fingerprint density at radius 1 is 1.10 bits per heavy atom. The second-order valence-electron chi connectivity index (χ2n) is 4.73. The molecule has 21 heavy (non-hydrogen) atoms. The van der Waals surface area contributed by atoms with E-state index >= 15 is 0 Å². The fourth-order valence-electron chi connectivity index (χ4n) is 2.08. The van der Waals surface area contributed by atoms with E-state index in [-0.39, 0.29) is 0 Å². The maximum absolute atomic E-state index is 6.03. The molecule has 0 radical (unpaired) electrons. The summed E-state index contributed by atoms with van der Waals surface area (Å²) in [6, 6.07) is 11.8. The molecule has 3 nitrogen and oxygen atoms in total. The highest BCUT2D eigenvalue weighted by atomic mass is 35.5. The van der Waals surface area contributed by atoms with Crippen molar-refractivity contribution in [3.63, 3.8) is 0 Å². The summed E-state index contributed by atoms with van der Waals surface area (Å²) >= 11 is 6.03. The first-order valence-electron chi connectivity index (χ1n) is 6.93. The van der Waals surface area contributed by atoms with Gasteiger partial charge in [0.1, 0.15) is 0 Å². The Morgan fingerprint density at radius 2 is 1.90 bits per heavy atom. The van der Waals surface area contributed by atoms with Crippen molar-refractivity contribution >= 4 is 17.3 Å². The molecular weight excluding hydrogens is 286 g/mol. The molecule has 4 heteroatoms. The van der Waals surface area contributed by atoms with Crippen LogP contribution in [0.3, 0.4) is 0 Å². The number of halogens is 1. The third-order valence-electron chi connectivity index (χ3n) is 3.21. The minimum absolute atomic E-state index is 0.621.